The number of piperidine rings is 1. The number of halogens is 4. The highest BCUT2D eigenvalue weighted by Crippen LogP contribution is 2.33. The average Bonchev–Trinajstić information content (AvgIpc) is 3.45. The van der Waals surface area contributed by atoms with E-state index in [0.717, 1.165) is 12.8 Å². The van der Waals surface area contributed by atoms with Crippen molar-refractivity contribution in [2.24, 2.45) is 11.8 Å². The molecule has 9 heteroatoms. The average molecular weight is 405 g/mol. The fraction of sp³-hybridized carbons (Fsp3) is 0.556. The van der Waals surface area contributed by atoms with Gasteiger partial charge in [-0.2, -0.15) is 13.2 Å². The van der Waals surface area contributed by atoms with Gasteiger partial charge in [-0.05, 0) is 43.9 Å². The molecular weight excluding hydrogens is 385 g/mol. The number of likely N-dealkylation sites (tertiary alicyclic amines) is 1. The van der Waals surface area contributed by atoms with Crippen LogP contribution in [0.5, 0.6) is 5.75 Å². The quantitative estimate of drug-likeness (QED) is 0.810. The molecule has 1 saturated heterocycles. The molecule has 1 aliphatic heterocycles. The largest absolute Gasteiger partial charge is 0.482 e. The maximum absolute atomic E-state index is 12.6. The van der Waals surface area contributed by atoms with E-state index in [9.17, 15) is 22.8 Å². The highest BCUT2D eigenvalue weighted by Gasteiger charge is 2.37. The third-order valence-corrected chi connectivity index (χ3v) is 4.86. The summed E-state index contributed by atoms with van der Waals surface area (Å²) in [5, 5.41) is 2.87. The molecule has 1 atom stereocenters. The molecule has 0 unspecified atom stereocenters. The molecule has 1 N–H and O–H groups in total. The van der Waals surface area contributed by atoms with E-state index in [1.54, 1.807) is 4.90 Å². The van der Waals surface area contributed by atoms with Gasteiger partial charge in [-0.3, -0.25) is 9.59 Å². The second-order valence-electron chi connectivity index (χ2n) is 6.93. The predicted molar refractivity (Wildman–Crippen MR) is 93.7 cm³/mol. The van der Waals surface area contributed by atoms with Gasteiger partial charge in [-0.25, -0.2) is 0 Å². The van der Waals surface area contributed by atoms with Gasteiger partial charge in [0.15, 0.2) is 6.61 Å². The van der Waals surface area contributed by atoms with Crippen LogP contribution >= 0.6 is 11.6 Å². The summed E-state index contributed by atoms with van der Waals surface area (Å²) in [4.78, 5) is 26.5. The van der Waals surface area contributed by atoms with E-state index in [1.807, 2.05) is 0 Å². The number of carbonyl (C=O) groups excluding carboxylic acids is 2. The van der Waals surface area contributed by atoms with Crippen LogP contribution in [-0.4, -0.2) is 42.6 Å². The molecule has 27 heavy (non-hydrogen) atoms. The van der Waals surface area contributed by atoms with Gasteiger partial charge in [0.05, 0.1) is 11.6 Å². The van der Waals surface area contributed by atoms with Crippen LogP contribution in [0, 0.1) is 11.8 Å². The Bertz CT molecular complexity index is 722. The van der Waals surface area contributed by atoms with Gasteiger partial charge >= 0.3 is 6.18 Å². The molecule has 0 aromatic heterocycles. The first-order valence-corrected chi connectivity index (χ1v) is 9.19. The fourth-order valence-electron chi connectivity index (χ4n) is 3.10. The lowest BCUT2D eigenvalue weighted by atomic mass is 9.96. The number of hydrogen-bond acceptors (Lipinski definition) is 3. The van der Waals surface area contributed by atoms with Crippen molar-refractivity contribution in [3.05, 3.63) is 23.2 Å². The minimum atomic E-state index is -4.49. The van der Waals surface area contributed by atoms with Crippen LogP contribution in [0.3, 0.4) is 0 Å². The van der Waals surface area contributed by atoms with Crippen LogP contribution in [0.15, 0.2) is 18.2 Å². The number of alkyl halides is 3. The van der Waals surface area contributed by atoms with E-state index in [4.69, 9.17) is 16.3 Å². The predicted octanol–water partition coefficient (Wildman–Crippen LogP) is 3.87. The van der Waals surface area contributed by atoms with Crippen LogP contribution in [0.1, 0.15) is 25.7 Å². The topological polar surface area (TPSA) is 58.6 Å². The molecule has 2 fully saturated rings. The number of anilines is 1. The number of ether oxygens (including phenoxy) is 1. The van der Waals surface area contributed by atoms with Crippen LogP contribution in [-0.2, 0) is 9.59 Å². The SMILES string of the molecule is O=C(Nc1cc(Cl)ccc1OCC(F)(F)F)[C@@H]1CCCN(C(=O)C2CC2)C1. The van der Waals surface area contributed by atoms with Crippen molar-refractivity contribution in [3.8, 4) is 5.75 Å². The van der Waals surface area contributed by atoms with Crippen LogP contribution in [0.2, 0.25) is 5.02 Å². The van der Waals surface area contributed by atoms with Crippen LogP contribution < -0.4 is 10.1 Å². The Hall–Kier alpha value is -1.96. The summed E-state index contributed by atoms with van der Waals surface area (Å²) in [5.41, 5.74) is 0.0855. The number of nitrogens with zero attached hydrogens (tertiary/aromatic N) is 1. The normalized spacial score (nSPS) is 20.3. The van der Waals surface area contributed by atoms with E-state index < -0.39 is 18.7 Å². The number of nitrogens with one attached hydrogen (secondary N) is 1. The molecule has 0 spiro atoms. The van der Waals surface area contributed by atoms with E-state index in [-0.39, 0.29) is 34.2 Å². The highest BCUT2D eigenvalue weighted by atomic mass is 35.5. The second kappa shape index (κ2) is 7.96. The Labute approximate surface area is 159 Å². The molecule has 0 bridgehead atoms. The molecule has 1 aromatic rings. The van der Waals surface area contributed by atoms with Gasteiger partial charge < -0.3 is 15.0 Å². The van der Waals surface area contributed by atoms with Gasteiger partial charge in [-0.1, -0.05) is 11.6 Å². The van der Waals surface area contributed by atoms with Crippen molar-refractivity contribution in [2.75, 3.05) is 25.0 Å². The van der Waals surface area contributed by atoms with Gasteiger partial charge in [-0.15, -0.1) is 0 Å². The third-order valence-electron chi connectivity index (χ3n) is 4.62. The number of rotatable bonds is 5. The molecule has 2 amide bonds. The summed E-state index contributed by atoms with van der Waals surface area (Å²) >= 11 is 5.90. The van der Waals surface area contributed by atoms with Crippen molar-refractivity contribution in [3.63, 3.8) is 0 Å². The van der Waals surface area contributed by atoms with Crippen molar-refractivity contribution in [1.82, 2.24) is 4.90 Å². The summed E-state index contributed by atoms with van der Waals surface area (Å²) < 4.78 is 42.0. The van der Waals surface area contributed by atoms with E-state index >= 15 is 0 Å². The first-order valence-electron chi connectivity index (χ1n) is 8.81. The van der Waals surface area contributed by atoms with Crippen molar-refractivity contribution in [1.29, 1.82) is 0 Å². The van der Waals surface area contributed by atoms with Gasteiger partial charge in [0, 0.05) is 24.0 Å². The molecule has 1 aromatic carbocycles. The minimum absolute atomic E-state index is 0.0853. The lowest BCUT2D eigenvalue weighted by molar-refractivity contribution is -0.153. The standard InChI is InChI=1S/C18H20ClF3N2O3/c19-13-5-6-15(27-10-18(20,21)22)14(8-13)23-16(25)12-2-1-7-24(9-12)17(26)11-3-4-11/h5-6,8,11-12H,1-4,7,9-10H2,(H,23,25)/t12-/m1/s1. The summed E-state index contributed by atoms with van der Waals surface area (Å²) in [5.74, 6) is -0.711. The fourth-order valence-corrected chi connectivity index (χ4v) is 3.27. The molecule has 0 radical (unpaired) electrons. The van der Waals surface area contributed by atoms with E-state index in [0.29, 0.717) is 25.9 Å². The zero-order chi connectivity index (χ0) is 19.6. The molecular formula is C18H20ClF3N2O3. The summed E-state index contributed by atoms with van der Waals surface area (Å²) in [6.07, 6.45) is -1.37. The number of hydrogen-bond donors (Lipinski definition) is 1. The Morgan fingerprint density at radius 2 is 1.96 bits per heavy atom. The highest BCUT2D eigenvalue weighted by molar-refractivity contribution is 6.31. The Morgan fingerprint density at radius 3 is 2.63 bits per heavy atom. The first kappa shape index (κ1) is 19.8. The zero-order valence-corrected chi connectivity index (χ0v) is 15.3. The number of amides is 2. The van der Waals surface area contributed by atoms with Crippen molar-refractivity contribution in [2.45, 2.75) is 31.9 Å². The minimum Gasteiger partial charge on any atom is -0.482 e. The summed E-state index contributed by atoms with van der Waals surface area (Å²) in [7, 11) is 0. The summed E-state index contributed by atoms with van der Waals surface area (Å²) in [6, 6.07) is 4.02. The first-order chi connectivity index (χ1) is 12.7. The van der Waals surface area contributed by atoms with Crippen molar-refractivity contribution >= 4 is 29.1 Å². The van der Waals surface area contributed by atoms with Gasteiger partial charge in [0.25, 0.3) is 0 Å². The maximum Gasteiger partial charge on any atom is 0.422 e. The molecule has 1 heterocycles. The monoisotopic (exact) mass is 404 g/mol. The van der Waals surface area contributed by atoms with E-state index in [1.165, 1.54) is 18.2 Å². The maximum atomic E-state index is 12.6. The molecule has 1 saturated carbocycles. The van der Waals surface area contributed by atoms with E-state index in [2.05, 4.69) is 5.32 Å². The molecule has 148 valence electrons. The lowest BCUT2D eigenvalue weighted by Crippen LogP contribution is -2.44. The molecule has 5 nitrogen and oxygen atoms in total. The molecule has 3 rings (SSSR count). The molecule has 2 aliphatic rings. The number of carbonyl (C=O) groups is 2. The third kappa shape index (κ3) is 5.51. The zero-order valence-electron chi connectivity index (χ0n) is 14.5. The second-order valence-corrected chi connectivity index (χ2v) is 7.37. The van der Waals surface area contributed by atoms with Crippen LogP contribution in [0.4, 0.5) is 18.9 Å². The van der Waals surface area contributed by atoms with Crippen molar-refractivity contribution < 1.29 is 27.5 Å². The Balaban J connectivity index is 1.65. The molecule has 1 aliphatic carbocycles. The van der Waals surface area contributed by atoms with Gasteiger partial charge in [0.2, 0.25) is 11.8 Å². The van der Waals surface area contributed by atoms with Crippen LogP contribution in [0.25, 0.3) is 0 Å². The summed E-state index contributed by atoms with van der Waals surface area (Å²) in [6.45, 7) is -0.513. The van der Waals surface area contributed by atoms with Gasteiger partial charge in [0.1, 0.15) is 5.75 Å². The lowest BCUT2D eigenvalue weighted by Gasteiger charge is -2.32. The Morgan fingerprint density at radius 1 is 1.22 bits per heavy atom. The smallest absolute Gasteiger partial charge is 0.422 e. The number of benzene rings is 1. The Kier molecular flexibility index (Phi) is 5.83.